The fourth-order valence-corrected chi connectivity index (χ4v) is 10.3. The molecule has 338 valence electrons. The fraction of sp³-hybridized carbons (Fsp3) is 0.408. The first-order valence-corrected chi connectivity index (χ1v) is 22.2. The summed E-state index contributed by atoms with van der Waals surface area (Å²) in [6, 6.07) is 23.0. The Balaban J connectivity index is 0.906. The molecule has 16 nitrogen and oxygen atoms in total. The molecule has 16 heteroatoms. The topological polar surface area (TPSA) is 185 Å². The van der Waals surface area contributed by atoms with Gasteiger partial charge in [0.2, 0.25) is 0 Å². The van der Waals surface area contributed by atoms with Crippen LogP contribution in [-0.2, 0) is 30.3 Å². The molecule has 5 heterocycles. The molecule has 0 bridgehead atoms. The van der Waals surface area contributed by atoms with Crippen LogP contribution in [0.1, 0.15) is 67.1 Å². The lowest BCUT2D eigenvalue weighted by atomic mass is 9.92. The maximum Gasteiger partial charge on any atom is 0.407 e. The summed E-state index contributed by atoms with van der Waals surface area (Å²) in [7, 11) is 5.98. The van der Waals surface area contributed by atoms with Crippen molar-refractivity contribution in [1.29, 1.82) is 0 Å². The number of piperidine rings is 1. The van der Waals surface area contributed by atoms with Gasteiger partial charge in [0.15, 0.2) is 0 Å². The van der Waals surface area contributed by atoms with E-state index < -0.39 is 18.2 Å². The summed E-state index contributed by atoms with van der Waals surface area (Å²) >= 11 is 0. The number of hydrogen-bond donors (Lipinski definition) is 4. The van der Waals surface area contributed by atoms with Crippen molar-refractivity contribution >= 4 is 39.9 Å². The van der Waals surface area contributed by atoms with Crippen molar-refractivity contribution in [2.24, 2.45) is 11.8 Å². The normalized spacial score (nSPS) is 22.4. The molecule has 10 rings (SSSR count). The first kappa shape index (κ1) is 42.5. The summed E-state index contributed by atoms with van der Waals surface area (Å²) in [4.78, 5) is 60.6. The molecule has 3 unspecified atom stereocenters. The summed E-state index contributed by atoms with van der Waals surface area (Å²) in [6.45, 7) is 3.91. The van der Waals surface area contributed by atoms with Crippen molar-refractivity contribution in [3.8, 4) is 28.1 Å². The van der Waals surface area contributed by atoms with Gasteiger partial charge in [-0.05, 0) is 84.0 Å². The Morgan fingerprint density at radius 3 is 2.48 bits per heavy atom. The average molecular weight is 883 g/mol. The van der Waals surface area contributed by atoms with Crippen molar-refractivity contribution in [2.45, 2.75) is 69.1 Å². The second-order valence-electron chi connectivity index (χ2n) is 17.7. The number of nitrogens with zero attached hydrogens (tertiary/aromatic N) is 4. The molecule has 1 aliphatic carbocycles. The summed E-state index contributed by atoms with van der Waals surface area (Å²) < 4.78 is 27.5. The molecule has 3 fully saturated rings. The number of likely N-dealkylation sites (tertiary alicyclic amines) is 2. The van der Waals surface area contributed by atoms with E-state index in [1.807, 2.05) is 49.5 Å². The van der Waals surface area contributed by atoms with Gasteiger partial charge in [-0.3, -0.25) is 9.69 Å². The number of methoxy groups -OCH3 is 4. The number of carbonyl (C=O) groups is 3. The van der Waals surface area contributed by atoms with Crippen LogP contribution < -0.4 is 15.4 Å². The molecular formula is C49H54N8O8. The van der Waals surface area contributed by atoms with Crippen molar-refractivity contribution in [3.63, 3.8) is 0 Å². The second kappa shape index (κ2) is 17.5. The van der Waals surface area contributed by atoms with Crippen LogP contribution in [0.15, 0.2) is 79.0 Å². The summed E-state index contributed by atoms with van der Waals surface area (Å²) in [5, 5.41) is 7.68. The van der Waals surface area contributed by atoms with Gasteiger partial charge in [-0.25, -0.2) is 19.6 Å². The number of amides is 3. The SMILES string of the molecule is COC[C@H]1C[C@@H](c2nc3c(ccc4cc5c(cc43)OCc3cc(-c4cnc([C@@H]6CC7CC7N6CC(NC(=O)OC)[C@@H](C)OC)[nH]4)ccc3-5)[nH]2)N(C(=O)[C@H](NC(=O)OC)c2ccccc2)C1. The molecule has 3 amide bonds. The third-order valence-electron chi connectivity index (χ3n) is 13.9. The molecule has 2 aromatic heterocycles. The van der Waals surface area contributed by atoms with E-state index >= 15 is 0 Å². The van der Waals surface area contributed by atoms with Crippen molar-refractivity contribution in [3.05, 3.63) is 102 Å². The number of hydrogen-bond acceptors (Lipinski definition) is 11. The van der Waals surface area contributed by atoms with Crippen molar-refractivity contribution in [2.75, 3.05) is 48.1 Å². The van der Waals surface area contributed by atoms with Crippen LogP contribution in [0.3, 0.4) is 0 Å². The minimum Gasteiger partial charge on any atom is -0.488 e. The zero-order valence-electron chi connectivity index (χ0n) is 37.1. The number of imidazole rings is 2. The van der Waals surface area contributed by atoms with Crippen molar-refractivity contribution < 1.29 is 38.1 Å². The van der Waals surface area contributed by atoms with E-state index in [-0.39, 0.29) is 36.1 Å². The van der Waals surface area contributed by atoms with Gasteiger partial charge in [0.25, 0.3) is 5.91 Å². The number of carbonyl (C=O) groups excluding carboxylic acids is 3. The van der Waals surface area contributed by atoms with Crippen LogP contribution in [0, 0.1) is 11.8 Å². The largest absolute Gasteiger partial charge is 0.488 e. The van der Waals surface area contributed by atoms with E-state index in [0.29, 0.717) is 56.1 Å². The predicted octanol–water partition coefficient (Wildman–Crippen LogP) is 7.19. The lowest BCUT2D eigenvalue weighted by molar-refractivity contribution is -0.134. The van der Waals surface area contributed by atoms with E-state index in [1.54, 1.807) is 19.1 Å². The maximum atomic E-state index is 14.4. The quantitative estimate of drug-likeness (QED) is 0.0920. The number of aromatic amines is 2. The molecule has 2 saturated heterocycles. The Morgan fingerprint density at radius 1 is 0.877 bits per heavy atom. The van der Waals surface area contributed by atoms with Crippen LogP contribution in [0.4, 0.5) is 9.59 Å². The number of H-pyrrole nitrogens is 2. The highest BCUT2D eigenvalue weighted by Gasteiger charge is 2.53. The smallest absolute Gasteiger partial charge is 0.407 e. The molecule has 4 aromatic carbocycles. The number of aromatic nitrogens is 4. The maximum absolute atomic E-state index is 14.4. The van der Waals surface area contributed by atoms with Gasteiger partial charge in [0.05, 0.1) is 68.0 Å². The standard InChI is InChI=1S/C49H54N8O8/c1-26(62-3)38(53-48(59)63-4)23-56-39-18-31(39)19-41(56)45-50-21-37(52-45)30-11-13-33-32(16-30)25-65-42-20-34-29(17-35(33)42)12-14-36-44(34)54-46(51-36)40-15-27(24-61-2)22-57(40)47(58)43(55-49(60)64-5)28-9-7-6-8-10-28/h6-14,16-17,20-21,26-27,31,38-41,43H,15,18-19,22-25H2,1-5H3,(H,50,52)(H,51,54)(H,53,59)(H,55,60)/t26-,27+,31?,38?,39?,40+,41+,43-/m1/s1. The van der Waals surface area contributed by atoms with Crippen LogP contribution in [-0.4, -0.2) is 114 Å². The zero-order valence-corrected chi connectivity index (χ0v) is 37.1. The number of rotatable bonds is 13. The highest BCUT2D eigenvalue weighted by atomic mass is 16.5. The predicted molar refractivity (Wildman–Crippen MR) is 242 cm³/mol. The van der Waals surface area contributed by atoms with Gasteiger partial charge >= 0.3 is 12.2 Å². The molecule has 6 aromatic rings. The Labute approximate surface area is 376 Å². The van der Waals surface area contributed by atoms with Crippen LogP contribution in [0.25, 0.3) is 44.2 Å². The van der Waals surface area contributed by atoms with E-state index in [9.17, 15) is 14.4 Å². The summed E-state index contributed by atoms with van der Waals surface area (Å²) in [5.74, 6) is 2.80. The van der Waals surface area contributed by atoms with E-state index in [4.69, 9.17) is 33.7 Å². The van der Waals surface area contributed by atoms with Gasteiger partial charge in [-0.15, -0.1) is 0 Å². The number of alkyl carbamates (subject to hydrolysis) is 2. The van der Waals surface area contributed by atoms with E-state index in [1.165, 1.54) is 14.2 Å². The molecule has 0 spiro atoms. The number of fused-ring (bicyclic) bond motifs is 7. The molecular weight excluding hydrogens is 829 g/mol. The Morgan fingerprint density at radius 2 is 1.69 bits per heavy atom. The van der Waals surface area contributed by atoms with Crippen LogP contribution >= 0.6 is 0 Å². The summed E-state index contributed by atoms with van der Waals surface area (Å²) in [5.41, 5.74) is 7.45. The van der Waals surface area contributed by atoms with E-state index in [2.05, 4.69) is 61.9 Å². The summed E-state index contributed by atoms with van der Waals surface area (Å²) in [6.07, 6.45) is 3.36. The average Bonchev–Trinajstić information content (AvgIpc) is 3.76. The monoisotopic (exact) mass is 882 g/mol. The molecule has 4 aliphatic rings. The first-order valence-electron chi connectivity index (χ1n) is 22.2. The Bertz CT molecular complexity index is 2760. The zero-order chi connectivity index (χ0) is 44.9. The van der Waals surface area contributed by atoms with Gasteiger partial charge in [-0.2, -0.15) is 0 Å². The molecule has 1 saturated carbocycles. The van der Waals surface area contributed by atoms with E-state index in [0.717, 1.165) is 74.2 Å². The van der Waals surface area contributed by atoms with Gasteiger partial charge in [0.1, 0.15) is 30.0 Å². The molecule has 4 N–H and O–H groups in total. The lowest BCUT2D eigenvalue weighted by Gasteiger charge is -2.32. The van der Waals surface area contributed by atoms with Gasteiger partial charge in [-0.1, -0.05) is 48.5 Å². The fourth-order valence-electron chi connectivity index (χ4n) is 10.3. The second-order valence-corrected chi connectivity index (χ2v) is 17.7. The van der Waals surface area contributed by atoms with Crippen molar-refractivity contribution in [1.82, 2.24) is 40.4 Å². The Kier molecular flexibility index (Phi) is 11.4. The first-order chi connectivity index (χ1) is 31.6. The lowest BCUT2D eigenvalue weighted by Crippen LogP contribution is -2.50. The van der Waals surface area contributed by atoms with Gasteiger partial charge < -0.3 is 49.2 Å². The minimum absolute atomic E-state index is 0.0689. The minimum atomic E-state index is -0.946. The molecule has 0 radical (unpaired) electrons. The number of benzene rings is 4. The highest BCUT2D eigenvalue weighted by Crippen LogP contribution is 2.53. The Hall–Kier alpha value is -6.49. The van der Waals surface area contributed by atoms with Gasteiger partial charge in [0, 0.05) is 50.2 Å². The molecule has 3 aliphatic heterocycles. The molecule has 65 heavy (non-hydrogen) atoms. The highest BCUT2D eigenvalue weighted by molar-refractivity contribution is 6.07. The number of ether oxygens (including phenoxy) is 5. The third-order valence-corrected chi connectivity index (χ3v) is 13.9. The molecule has 8 atom stereocenters. The number of nitrogens with one attached hydrogen (secondary N) is 4. The van der Waals surface area contributed by atoms with Crippen LogP contribution in [0.2, 0.25) is 0 Å². The third kappa shape index (κ3) is 8.03. The van der Waals surface area contributed by atoms with Crippen LogP contribution in [0.5, 0.6) is 5.75 Å².